The van der Waals surface area contributed by atoms with Gasteiger partial charge in [-0.2, -0.15) is 5.10 Å². The molecule has 0 atom stereocenters. The largest absolute Gasteiger partial charge is 0.463 e. The van der Waals surface area contributed by atoms with Gasteiger partial charge in [-0.3, -0.25) is 9.89 Å². The third kappa shape index (κ3) is 2.39. The number of H-pyrrole nitrogens is 1. The fourth-order valence-electron chi connectivity index (χ4n) is 1.92. The van der Waals surface area contributed by atoms with Gasteiger partial charge in [0.05, 0.1) is 12.9 Å². The Kier molecular flexibility index (Phi) is 2.87. The smallest absolute Gasteiger partial charge is 0.271 e. The number of aliphatic hydroxyl groups excluding tert-OH is 1. The maximum Gasteiger partial charge on any atom is 0.271 e. The molecule has 3 N–H and O–H groups in total. The molecule has 0 aliphatic heterocycles. The van der Waals surface area contributed by atoms with Gasteiger partial charge >= 0.3 is 0 Å². The first kappa shape index (κ1) is 12.0. The average molecular weight is 261 g/mol. The van der Waals surface area contributed by atoms with Crippen molar-refractivity contribution >= 4 is 5.91 Å². The lowest BCUT2D eigenvalue weighted by molar-refractivity contribution is 0.0930. The van der Waals surface area contributed by atoms with Gasteiger partial charge in [-0.05, 0) is 25.0 Å². The summed E-state index contributed by atoms with van der Waals surface area (Å²) in [6.07, 6.45) is 3.48. The minimum atomic E-state index is -0.242. The Hall–Kier alpha value is -2.08. The van der Waals surface area contributed by atoms with Gasteiger partial charge in [0.15, 0.2) is 11.5 Å². The molecule has 1 fully saturated rings. The van der Waals surface area contributed by atoms with Crippen LogP contribution in [0.4, 0.5) is 0 Å². The van der Waals surface area contributed by atoms with Gasteiger partial charge in [0.2, 0.25) is 0 Å². The maximum absolute atomic E-state index is 11.9. The van der Waals surface area contributed by atoms with Gasteiger partial charge in [-0.1, -0.05) is 0 Å². The predicted molar refractivity (Wildman–Crippen MR) is 67.4 cm³/mol. The minimum Gasteiger partial charge on any atom is -0.463 e. The quantitative estimate of drug-likeness (QED) is 0.753. The van der Waals surface area contributed by atoms with Crippen molar-refractivity contribution in [3.8, 4) is 11.5 Å². The lowest BCUT2D eigenvalue weighted by Crippen LogP contribution is -2.32. The SMILES string of the molecule is O=C(NCC1(CO)CC1)c1cc(-c2ccco2)[nH]n1. The van der Waals surface area contributed by atoms with E-state index in [0.29, 0.717) is 23.7 Å². The van der Waals surface area contributed by atoms with E-state index in [1.54, 1.807) is 24.5 Å². The van der Waals surface area contributed by atoms with Crippen molar-refractivity contribution in [2.24, 2.45) is 5.41 Å². The van der Waals surface area contributed by atoms with E-state index in [4.69, 9.17) is 4.42 Å². The summed E-state index contributed by atoms with van der Waals surface area (Å²) >= 11 is 0. The summed E-state index contributed by atoms with van der Waals surface area (Å²) in [5, 5.41) is 18.7. The first-order valence-electron chi connectivity index (χ1n) is 6.21. The van der Waals surface area contributed by atoms with Gasteiger partial charge in [0.1, 0.15) is 5.69 Å². The number of rotatable bonds is 5. The van der Waals surface area contributed by atoms with Crippen LogP contribution in [0.3, 0.4) is 0 Å². The van der Waals surface area contributed by atoms with Crippen molar-refractivity contribution in [3.63, 3.8) is 0 Å². The molecule has 6 nitrogen and oxygen atoms in total. The second-order valence-electron chi connectivity index (χ2n) is 4.98. The lowest BCUT2D eigenvalue weighted by Gasteiger charge is -2.11. The zero-order chi connectivity index (χ0) is 13.3. The number of aliphatic hydroxyl groups is 1. The fourth-order valence-corrected chi connectivity index (χ4v) is 1.92. The van der Waals surface area contributed by atoms with Crippen molar-refractivity contribution in [2.45, 2.75) is 12.8 Å². The molecule has 1 aliphatic carbocycles. The Bertz CT molecular complexity index is 570. The Labute approximate surface area is 109 Å². The van der Waals surface area contributed by atoms with Crippen LogP contribution in [0.1, 0.15) is 23.3 Å². The van der Waals surface area contributed by atoms with Gasteiger partial charge in [-0.25, -0.2) is 0 Å². The Morgan fingerprint density at radius 2 is 2.42 bits per heavy atom. The van der Waals surface area contributed by atoms with Crippen LogP contribution in [0.2, 0.25) is 0 Å². The number of hydrogen-bond acceptors (Lipinski definition) is 4. The zero-order valence-electron chi connectivity index (χ0n) is 10.3. The van der Waals surface area contributed by atoms with Crippen molar-refractivity contribution in [1.82, 2.24) is 15.5 Å². The zero-order valence-corrected chi connectivity index (χ0v) is 10.3. The van der Waals surface area contributed by atoms with Crippen LogP contribution in [0.15, 0.2) is 28.9 Å². The van der Waals surface area contributed by atoms with Gasteiger partial charge in [0, 0.05) is 18.0 Å². The fraction of sp³-hybridized carbons (Fsp3) is 0.385. The molecule has 19 heavy (non-hydrogen) atoms. The Morgan fingerprint density at radius 3 is 3.05 bits per heavy atom. The van der Waals surface area contributed by atoms with Crippen LogP contribution in [-0.2, 0) is 0 Å². The molecule has 100 valence electrons. The van der Waals surface area contributed by atoms with Crippen LogP contribution in [0.5, 0.6) is 0 Å². The van der Waals surface area contributed by atoms with E-state index in [1.807, 2.05) is 0 Å². The molecule has 0 aromatic carbocycles. The summed E-state index contributed by atoms with van der Waals surface area (Å²) in [6.45, 7) is 0.608. The summed E-state index contributed by atoms with van der Waals surface area (Å²) in [7, 11) is 0. The van der Waals surface area contributed by atoms with Gasteiger partial charge in [0.25, 0.3) is 5.91 Å². The molecule has 3 rings (SSSR count). The van der Waals surface area contributed by atoms with Crippen LogP contribution in [-0.4, -0.2) is 34.4 Å². The maximum atomic E-state index is 11.9. The number of carbonyl (C=O) groups is 1. The summed E-state index contributed by atoms with van der Waals surface area (Å²) in [5.74, 6) is 0.398. The molecular formula is C13H15N3O3. The number of aromatic amines is 1. The molecule has 1 aliphatic rings. The second kappa shape index (κ2) is 4.55. The number of carbonyl (C=O) groups excluding carboxylic acids is 1. The predicted octanol–water partition coefficient (Wildman–Crippen LogP) is 1.17. The second-order valence-corrected chi connectivity index (χ2v) is 4.98. The third-order valence-electron chi connectivity index (χ3n) is 3.51. The monoisotopic (exact) mass is 261 g/mol. The molecule has 0 spiro atoms. The summed E-state index contributed by atoms with van der Waals surface area (Å²) in [5.41, 5.74) is 0.883. The third-order valence-corrected chi connectivity index (χ3v) is 3.51. The molecule has 0 saturated heterocycles. The van der Waals surface area contributed by atoms with Crippen LogP contribution >= 0.6 is 0 Å². The Balaban J connectivity index is 1.64. The number of nitrogens with one attached hydrogen (secondary N) is 2. The highest BCUT2D eigenvalue weighted by Gasteiger charge is 2.42. The Morgan fingerprint density at radius 1 is 1.58 bits per heavy atom. The van der Waals surface area contributed by atoms with Crippen LogP contribution in [0.25, 0.3) is 11.5 Å². The van der Waals surface area contributed by atoms with Crippen molar-refractivity contribution in [1.29, 1.82) is 0 Å². The standard InChI is InChI=1S/C13H15N3O3/c17-8-13(3-4-13)7-14-12(18)10-6-9(15-16-10)11-2-1-5-19-11/h1-2,5-6,17H,3-4,7-8H2,(H,14,18)(H,15,16). The normalized spacial score (nSPS) is 16.3. The van der Waals surface area contributed by atoms with E-state index in [-0.39, 0.29) is 17.9 Å². The van der Waals surface area contributed by atoms with Crippen LogP contribution < -0.4 is 5.32 Å². The minimum absolute atomic E-state index is 0.101. The highest BCUT2D eigenvalue weighted by Crippen LogP contribution is 2.44. The van der Waals surface area contributed by atoms with E-state index in [0.717, 1.165) is 12.8 Å². The number of amides is 1. The first-order valence-corrected chi connectivity index (χ1v) is 6.21. The highest BCUT2D eigenvalue weighted by molar-refractivity contribution is 5.93. The molecule has 6 heteroatoms. The molecule has 2 aromatic heterocycles. The number of hydrogen-bond donors (Lipinski definition) is 3. The van der Waals surface area contributed by atoms with Crippen molar-refractivity contribution < 1.29 is 14.3 Å². The number of furan rings is 1. The molecule has 0 radical (unpaired) electrons. The number of nitrogens with zero attached hydrogens (tertiary/aromatic N) is 1. The van der Waals surface area contributed by atoms with Gasteiger partial charge in [-0.15, -0.1) is 0 Å². The van der Waals surface area contributed by atoms with E-state index in [9.17, 15) is 9.90 Å². The van der Waals surface area contributed by atoms with E-state index in [2.05, 4.69) is 15.5 Å². The van der Waals surface area contributed by atoms with E-state index >= 15 is 0 Å². The molecule has 0 unspecified atom stereocenters. The lowest BCUT2D eigenvalue weighted by atomic mass is 10.1. The number of aromatic nitrogens is 2. The van der Waals surface area contributed by atoms with Crippen LogP contribution in [0, 0.1) is 5.41 Å². The summed E-state index contributed by atoms with van der Waals surface area (Å²) < 4.78 is 5.22. The molecular weight excluding hydrogens is 246 g/mol. The first-order chi connectivity index (χ1) is 9.22. The molecule has 1 amide bonds. The summed E-state index contributed by atoms with van der Waals surface area (Å²) in [4.78, 5) is 11.9. The van der Waals surface area contributed by atoms with E-state index in [1.165, 1.54) is 0 Å². The average Bonchev–Trinajstić information content (AvgIpc) is 2.87. The van der Waals surface area contributed by atoms with Crippen molar-refractivity contribution in [3.05, 3.63) is 30.2 Å². The molecule has 2 aromatic rings. The summed E-state index contributed by atoms with van der Waals surface area (Å²) in [6, 6.07) is 5.21. The molecule has 0 bridgehead atoms. The topological polar surface area (TPSA) is 91.1 Å². The highest BCUT2D eigenvalue weighted by atomic mass is 16.3. The molecule has 2 heterocycles. The van der Waals surface area contributed by atoms with Crippen molar-refractivity contribution in [2.75, 3.05) is 13.2 Å². The van der Waals surface area contributed by atoms with Gasteiger partial charge < -0.3 is 14.8 Å². The van der Waals surface area contributed by atoms with E-state index < -0.39 is 0 Å². The molecule has 1 saturated carbocycles.